The molecule has 0 aliphatic carbocycles. The van der Waals surface area contributed by atoms with Crippen LogP contribution in [0.4, 0.5) is 0 Å². The van der Waals surface area contributed by atoms with Crippen LogP contribution in [0.5, 0.6) is 11.5 Å². The van der Waals surface area contributed by atoms with Gasteiger partial charge in [0.1, 0.15) is 0 Å². The Balaban J connectivity index is 1.67. The molecule has 0 bridgehead atoms. The SMILES string of the molecule is COc1ccc(C(=O)CSc2nnc(-c3cccc(C)c3)o2)cc1OC. The number of benzene rings is 2. The lowest BCUT2D eigenvalue weighted by molar-refractivity contribution is 0.102. The van der Waals surface area contributed by atoms with Gasteiger partial charge in [0.15, 0.2) is 17.3 Å². The summed E-state index contributed by atoms with van der Waals surface area (Å²) < 4.78 is 16.0. The molecule has 3 rings (SSSR count). The quantitative estimate of drug-likeness (QED) is 0.459. The highest BCUT2D eigenvalue weighted by atomic mass is 32.2. The van der Waals surface area contributed by atoms with Crippen molar-refractivity contribution in [3.8, 4) is 23.0 Å². The van der Waals surface area contributed by atoms with E-state index in [9.17, 15) is 4.79 Å². The third-order valence-corrected chi connectivity index (χ3v) is 4.52. The Morgan fingerprint density at radius 3 is 2.62 bits per heavy atom. The molecule has 0 saturated carbocycles. The topological polar surface area (TPSA) is 74.5 Å². The third-order valence-electron chi connectivity index (χ3n) is 3.70. The molecular weight excluding hydrogens is 352 g/mol. The maximum Gasteiger partial charge on any atom is 0.277 e. The molecule has 0 amide bonds. The zero-order valence-electron chi connectivity index (χ0n) is 14.7. The smallest absolute Gasteiger partial charge is 0.277 e. The van der Waals surface area contributed by atoms with Crippen LogP contribution in [0.1, 0.15) is 15.9 Å². The zero-order valence-corrected chi connectivity index (χ0v) is 15.5. The van der Waals surface area contributed by atoms with Crippen LogP contribution >= 0.6 is 11.8 Å². The molecule has 0 aliphatic rings. The van der Waals surface area contributed by atoms with Gasteiger partial charge in [-0.05, 0) is 37.3 Å². The van der Waals surface area contributed by atoms with Gasteiger partial charge in [-0.15, -0.1) is 10.2 Å². The van der Waals surface area contributed by atoms with Gasteiger partial charge in [0.2, 0.25) is 5.89 Å². The van der Waals surface area contributed by atoms with E-state index in [2.05, 4.69) is 10.2 Å². The highest BCUT2D eigenvalue weighted by Gasteiger charge is 2.14. The largest absolute Gasteiger partial charge is 0.493 e. The van der Waals surface area contributed by atoms with E-state index < -0.39 is 0 Å². The molecule has 0 atom stereocenters. The van der Waals surface area contributed by atoms with Crippen LogP contribution in [0.2, 0.25) is 0 Å². The number of aromatic nitrogens is 2. The Labute approximate surface area is 155 Å². The first-order valence-electron chi connectivity index (χ1n) is 7.89. The fraction of sp³-hybridized carbons (Fsp3) is 0.211. The van der Waals surface area contributed by atoms with Crippen molar-refractivity contribution in [1.82, 2.24) is 10.2 Å². The number of ether oxygens (including phenoxy) is 2. The number of thioether (sulfide) groups is 1. The standard InChI is InChI=1S/C19H18N2O4S/c1-12-5-4-6-14(9-12)18-20-21-19(25-18)26-11-15(22)13-7-8-16(23-2)17(10-13)24-3/h4-10H,11H2,1-3H3. The van der Waals surface area contributed by atoms with Crippen molar-refractivity contribution < 1.29 is 18.7 Å². The number of nitrogens with zero attached hydrogens (tertiary/aromatic N) is 2. The summed E-state index contributed by atoms with van der Waals surface area (Å²) in [5.41, 5.74) is 2.50. The Morgan fingerprint density at radius 1 is 1.08 bits per heavy atom. The number of Topliss-reactive ketones (excluding diaryl/α,β-unsaturated/α-hetero) is 1. The summed E-state index contributed by atoms with van der Waals surface area (Å²) in [6, 6.07) is 12.9. The summed E-state index contributed by atoms with van der Waals surface area (Å²) in [6.45, 7) is 2.00. The highest BCUT2D eigenvalue weighted by molar-refractivity contribution is 7.99. The number of carbonyl (C=O) groups excluding carboxylic acids is 1. The van der Waals surface area contributed by atoms with Crippen LogP contribution in [-0.2, 0) is 0 Å². The van der Waals surface area contributed by atoms with Crippen molar-refractivity contribution in [2.24, 2.45) is 0 Å². The fourth-order valence-corrected chi connectivity index (χ4v) is 3.04. The molecule has 0 unspecified atom stereocenters. The molecule has 1 heterocycles. The first-order chi connectivity index (χ1) is 12.6. The van der Waals surface area contributed by atoms with E-state index in [0.717, 1.165) is 11.1 Å². The second kappa shape index (κ2) is 8.05. The molecule has 7 heteroatoms. The van der Waals surface area contributed by atoms with E-state index in [1.54, 1.807) is 25.3 Å². The van der Waals surface area contributed by atoms with Gasteiger partial charge in [-0.1, -0.05) is 29.5 Å². The maximum atomic E-state index is 12.4. The molecule has 26 heavy (non-hydrogen) atoms. The number of methoxy groups -OCH3 is 2. The lowest BCUT2D eigenvalue weighted by Crippen LogP contribution is -2.03. The van der Waals surface area contributed by atoms with Gasteiger partial charge in [0.05, 0.1) is 20.0 Å². The normalized spacial score (nSPS) is 10.6. The summed E-state index contributed by atoms with van der Waals surface area (Å²) >= 11 is 1.20. The molecule has 0 N–H and O–H groups in total. The Morgan fingerprint density at radius 2 is 1.88 bits per heavy atom. The summed E-state index contributed by atoms with van der Waals surface area (Å²) in [6.07, 6.45) is 0. The van der Waals surface area contributed by atoms with Crippen molar-refractivity contribution in [3.63, 3.8) is 0 Å². The van der Waals surface area contributed by atoms with Crippen LogP contribution in [-0.4, -0.2) is 36.0 Å². The van der Waals surface area contributed by atoms with Gasteiger partial charge in [-0.2, -0.15) is 0 Å². The van der Waals surface area contributed by atoms with Crippen LogP contribution in [0.15, 0.2) is 52.1 Å². The number of hydrogen-bond acceptors (Lipinski definition) is 7. The molecule has 1 aromatic heterocycles. The predicted molar refractivity (Wildman–Crippen MR) is 99.1 cm³/mol. The van der Waals surface area contributed by atoms with Gasteiger partial charge in [-0.3, -0.25) is 4.79 Å². The minimum Gasteiger partial charge on any atom is -0.493 e. The summed E-state index contributed by atoms with van der Waals surface area (Å²) in [5.74, 6) is 1.66. The number of carbonyl (C=O) groups is 1. The van der Waals surface area contributed by atoms with E-state index in [0.29, 0.717) is 28.2 Å². The van der Waals surface area contributed by atoms with Crippen LogP contribution in [0.3, 0.4) is 0 Å². The average Bonchev–Trinajstić information content (AvgIpc) is 3.14. The van der Waals surface area contributed by atoms with Crippen molar-refractivity contribution in [1.29, 1.82) is 0 Å². The van der Waals surface area contributed by atoms with Crippen LogP contribution in [0, 0.1) is 6.92 Å². The minimum absolute atomic E-state index is 0.0636. The van der Waals surface area contributed by atoms with Gasteiger partial charge < -0.3 is 13.9 Å². The second-order valence-corrected chi connectivity index (χ2v) is 6.45. The van der Waals surface area contributed by atoms with Gasteiger partial charge >= 0.3 is 0 Å². The number of ketones is 1. The first-order valence-corrected chi connectivity index (χ1v) is 8.88. The van der Waals surface area contributed by atoms with Gasteiger partial charge in [-0.25, -0.2) is 0 Å². The third kappa shape index (κ3) is 4.05. The predicted octanol–water partition coefficient (Wildman–Crippen LogP) is 4.04. The van der Waals surface area contributed by atoms with E-state index in [1.165, 1.54) is 18.9 Å². The van der Waals surface area contributed by atoms with Crippen LogP contribution < -0.4 is 9.47 Å². The molecule has 6 nitrogen and oxygen atoms in total. The molecule has 2 aromatic carbocycles. The summed E-state index contributed by atoms with van der Waals surface area (Å²) in [4.78, 5) is 12.4. The van der Waals surface area contributed by atoms with E-state index in [1.807, 2.05) is 31.2 Å². The molecule has 0 saturated heterocycles. The van der Waals surface area contributed by atoms with E-state index >= 15 is 0 Å². The molecule has 0 spiro atoms. The number of rotatable bonds is 7. The highest BCUT2D eigenvalue weighted by Crippen LogP contribution is 2.29. The van der Waals surface area contributed by atoms with Gasteiger partial charge in [0, 0.05) is 11.1 Å². The second-order valence-electron chi connectivity index (χ2n) is 5.52. The summed E-state index contributed by atoms with van der Waals surface area (Å²) in [7, 11) is 3.09. The van der Waals surface area contributed by atoms with Crippen LogP contribution in [0.25, 0.3) is 11.5 Å². The molecule has 0 fully saturated rings. The Hall–Kier alpha value is -2.80. The molecule has 134 valence electrons. The van der Waals surface area contributed by atoms with Gasteiger partial charge in [0.25, 0.3) is 5.22 Å². The monoisotopic (exact) mass is 370 g/mol. The zero-order chi connectivity index (χ0) is 18.5. The molecular formula is C19H18N2O4S. The maximum absolute atomic E-state index is 12.4. The lowest BCUT2D eigenvalue weighted by Gasteiger charge is -2.08. The van der Waals surface area contributed by atoms with E-state index in [-0.39, 0.29) is 11.5 Å². The molecule has 3 aromatic rings. The Kier molecular flexibility index (Phi) is 5.58. The van der Waals surface area contributed by atoms with E-state index in [4.69, 9.17) is 13.9 Å². The van der Waals surface area contributed by atoms with Crippen molar-refractivity contribution >= 4 is 17.5 Å². The molecule has 0 aliphatic heterocycles. The fourth-order valence-electron chi connectivity index (χ4n) is 2.38. The number of aryl methyl sites for hydroxylation is 1. The van der Waals surface area contributed by atoms with Crippen molar-refractivity contribution in [2.75, 3.05) is 20.0 Å². The average molecular weight is 370 g/mol. The minimum atomic E-state index is -0.0636. The lowest BCUT2D eigenvalue weighted by atomic mass is 10.1. The Bertz CT molecular complexity index is 923. The van der Waals surface area contributed by atoms with Crippen molar-refractivity contribution in [2.45, 2.75) is 12.1 Å². The summed E-state index contributed by atoms with van der Waals surface area (Å²) in [5, 5.41) is 8.40. The number of hydrogen-bond donors (Lipinski definition) is 0. The van der Waals surface area contributed by atoms with Crippen molar-refractivity contribution in [3.05, 3.63) is 53.6 Å². The first kappa shape index (κ1) is 18.0. The molecule has 0 radical (unpaired) electrons.